The molecule has 1 saturated carbocycles. The Morgan fingerprint density at radius 2 is 1.83 bits per heavy atom. The predicted octanol–water partition coefficient (Wildman–Crippen LogP) is 2.07. The Morgan fingerprint density at radius 3 is 2.28 bits per heavy atom. The topological polar surface area (TPSA) is 69.6 Å². The molecule has 2 amide bonds. The smallest absolute Gasteiger partial charge is 0.325 e. The van der Waals surface area contributed by atoms with Crippen molar-refractivity contribution in [3.63, 3.8) is 0 Å². The van der Waals surface area contributed by atoms with Gasteiger partial charge in [-0.25, -0.2) is 4.79 Å². The molecule has 1 aliphatic carbocycles. The molecule has 0 heterocycles. The minimum absolute atomic E-state index is 0.245. The van der Waals surface area contributed by atoms with Gasteiger partial charge in [-0.05, 0) is 25.7 Å². The van der Waals surface area contributed by atoms with Gasteiger partial charge in [-0.15, -0.1) is 0 Å². The molecule has 0 aromatic heterocycles. The molecule has 0 aromatic rings. The summed E-state index contributed by atoms with van der Waals surface area (Å²) in [6, 6.07) is -0.813. The van der Waals surface area contributed by atoms with E-state index in [1.165, 1.54) is 6.92 Å². The van der Waals surface area contributed by atoms with E-state index in [1.807, 2.05) is 4.90 Å². The van der Waals surface area contributed by atoms with Crippen LogP contribution in [0.15, 0.2) is 0 Å². The molecule has 0 aliphatic heterocycles. The lowest BCUT2D eigenvalue weighted by molar-refractivity contribution is -0.138. The zero-order valence-corrected chi connectivity index (χ0v) is 11.5. The number of carbonyl (C=O) groups excluding carboxylic acids is 1. The van der Waals surface area contributed by atoms with Gasteiger partial charge in [0.25, 0.3) is 0 Å². The molecular formula is C13H24N2O3. The summed E-state index contributed by atoms with van der Waals surface area (Å²) < 4.78 is 0. The average molecular weight is 256 g/mol. The van der Waals surface area contributed by atoms with E-state index in [0.29, 0.717) is 12.5 Å². The van der Waals surface area contributed by atoms with Crippen molar-refractivity contribution in [1.82, 2.24) is 10.2 Å². The normalized spacial score (nSPS) is 17.8. The number of rotatable bonds is 5. The highest BCUT2D eigenvalue weighted by Gasteiger charge is 2.28. The van der Waals surface area contributed by atoms with E-state index in [1.54, 1.807) is 0 Å². The van der Waals surface area contributed by atoms with Crippen LogP contribution in [0.1, 0.15) is 46.5 Å². The molecule has 1 atom stereocenters. The van der Waals surface area contributed by atoms with Crippen LogP contribution in [0.25, 0.3) is 0 Å². The maximum absolute atomic E-state index is 12.1. The second-order valence-corrected chi connectivity index (χ2v) is 5.49. The molecule has 104 valence electrons. The fourth-order valence-electron chi connectivity index (χ4n) is 2.34. The Labute approximate surface area is 109 Å². The Hall–Kier alpha value is -1.26. The van der Waals surface area contributed by atoms with Crippen LogP contribution < -0.4 is 5.32 Å². The highest BCUT2D eigenvalue weighted by atomic mass is 16.4. The number of carbonyl (C=O) groups is 2. The van der Waals surface area contributed by atoms with Gasteiger partial charge in [-0.1, -0.05) is 26.7 Å². The summed E-state index contributed by atoms with van der Waals surface area (Å²) in [4.78, 5) is 24.7. The van der Waals surface area contributed by atoms with Crippen LogP contribution in [0, 0.1) is 5.92 Å². The maximum Gasteiger partial charge on any atom is 0.325 e. The number of amides is 2. The van der Waals surface area contributed by atoms with Gasteiger partial charge in [0.15, 0.2) is 0 Å². The quantitative estimate of drug-likeness (QED) is 0.791. The van der Waals surface area contributed by atoms with Gasteiger partial charge in [0.2, 0.25) is 0 Å². The third-order valence-corrected chi connectivity index (χ3v) is 3.30. The first-order valence-corrected chi connectivity index (χ1v) is 6.71. The summed E-state index contributed by atoms with van der Waals surface area (Å²) in [6.45, 7) is 6.30. The van der Waals surface area contributed by atoms with E-state index < -0.39 is 12.0 Å². The third-order valence-electron chi connectivity index (χ3n) is 3.30. The van der Waals surface area contributed by atoms with Gasteiger partial charge in [-0.3, -0.25) is 4.79 Å². The SMILES string of the molecule is CC(C)CN(C(=O)NC(C)C(=O)O)C1CCCC1. The van der Waals surface area contributed by atoms with Crippen LogP contribution in [0.2, 0.25) is 0 Å². The molecule has 0 bridgehead atoms. The van der Waals surface area contributed by atoms with Crippen LogP contribution in [0.5, 0.6) is 0 Å². The zero-order chi connectivity index (χ0) is 13.7. The average Bonchev–Trinajstić information content (AvgIpc) is 2.78. The summed E-state index contributed by atoms with van der Waals surface area (Å²) in [7, 11) is 0. The number of carboxylic acids is 1. The monoisotopic (exact) mass is 256 g/mol. The Morgan fingerprint density at radius 1 is 1.28 bits per heavy atom. The molecular weight excluding hydrogens is 232 g/mol. The van der Waals surface area contributed by atoms with Crippen molar-refractivity contribution < 1.29 is 14.7 Å². The molecule has 2 N–H and O–H groups in total. The van der Waals surface area contributed by atoms with E-state index >= 15 is 0 Å². The number of nitrogens with zero attached hydrogens (tertiary/aromatic N) is 1. The Kier molecular flexibility index (Phi) is 5.44. The highest BCUT2D eigenvalue weighted by Crippen LogP contribution is 2.24. The van der Waals surface area contributed by atoms with Crippen molar-refractivity contribution in [3.05, 3.63) is 0 Å². The lowest BCUT2D eigenvalue weighted by Crippen LogP contribution is -2.51. The van der Waals surface area contributed by atoms with E-state index in [-0.39, 0.29) is 12.1 Å². The molecule has 0 aromatic carbocycles. The molecule has 5 heteroatoms. The van der Waals surface area contributed by atoms with Gasteiger partial charge in [0.05, 0.1) is 0 Å². The second kappa shape index (κ2) is 6.61. The van der Waals surface area contributed by atoms with Gasteiger partial charge >= 0.3 is 12.0 Å². The molecule has 18 heavy (non-hydrogen) atoms. The number of aliphatic carboxylic acids is 1. The Balaban J connectivity index is 2.63. The number of urea groups is 1. The van der Waals surface area contributed by atoms with Gasteiger partial charge in [-0.2, -0.15) is 0 Å². The van der Waals surface area contributed by atoms with Crippen molar-refractivity contribution in [3.8, 4) is 0 Å². The van der Waals surface area contributed by atoms with E-state index in [0.717, 1.165) is 25.7 Å². The molecule has 0 saturated heterocycles. The summed E-state index contributed by atoms with van der Waals surface area (Å²) in [5.41, 5.74) is 0. The van der Waals surface area contributed by atoms with Crippen molar-refractivity contribution in [2.45, 2.75) is 58.5 Å². The van der Waals surface area contributed by atoms with Gasteiger partial charge < -0.3 is 15.3 Å². The van der Waals surface area contributed by atoms with Gasteiger partial charge in [0, 0.05) is 12.6 Å². The minimum Gasteiger partial charge on any atom is -0.480 e. The summed E-state index contributed by atoms with van der Waals surface area (Å²) in [5.74, 6) is -0.615. The Bertz CT molecular complexity index is 299. The van der Waals surface area contributed by atoms with Gasteiger partial charge in [0.1, 0.15) is 6.04 Å². The summed E-state index contributed by atoms with van der Waals surface area (Å²) in [5, 5.41) is 11.4. The van der Waals surface area contributed by atoms with Crippen LogP contribution >= 0.6 is 0 Å². The molecule has 0 spiro atoms. The summed E-state index contributed by atoms with van der Waals surface area (Å²) >= 11 is 0. The molecule has 0 radical (unpaired) electrons. The largest absolute Gasteiger partial charge is 0.480 e. The van der Waals surface area contributed by atoms with Crippen molar-refractivity contribution in [2.24, 2.45) is 5.92 Å². The summed E-state index contributed by atoms with van der Waals surface area (Å²) in [6.07, 6.45) is 4.37. The number of hydrogen-bond acceptors (Lipinski definition) is 2. The van der Waals surface area contributed by atoms with E-state index in [9.17, 15) is 9.59 Å². The fourth-order valence-corrected chi connectivity index (χ4v) is 2.34. The molecule has 1 rings (SSSR count). The number of hydrogen-bond donors (Lipinski definition) is 2. The van der Waals surface area contributed by atoms with Crippen LogP contribution in [-0.2, 0) is 4.79 Å². The number of nitrogens with one attached hydrogen (secondary N) is 1. The molecule has 1 unspecified atom stereocenters. The zero-order valence-electron chi connectivity index (χ0n) is 11.5. The lowest BCUT2D eigenvalue weighted by Gasteiger charge is -2.31. The van der Waals surface area contributed by atoms with Crippen LogP contribution in [-0.4, -0.2) is 40.6 Å². The standard InChI is InChI=1S/C13H24N2O3/c1-9(2)8-15(11-6-4-5-7-11)13(18)14-10(3)12(16)17/h9-11H,4-8H2,1-3H3,(H,14,18)(H,16,17). The van der Waals surface area contributed by atoms with Crippen LogP contribution in [0.3, 0.4) is 0 Å². The van der Waals surface area contributed by atoms with Crippen molar-refractivity contribution in [1.29, 1.82) is 0 Å². The first-order valence-electron chi connectivity index (χ1n) is 6.71. The minimum atomic E-state index is -1.00. The van der Waals surface area contributed by atoms with Crippen molar-refractivity contribution in [2.75, 3.05) is 6.54 Å². The number of carboxylic acid groups (broad SMARTS) is 1. The first kappa shape index (κ1) is 14.8. The maximum atomic E-state index is 12.1. The highest BCUT2D eigenvalue weighted by molar-refractivity contribution is 5.82. The molecule has 1 fully saturated rings. The predicted molar refractivity (Wildman–Crippen MR) is 69.4 cm³/mol. The van der Waals surface area contributed by atoms with Crippen LogP contribution in [0.4, 0.5) is 4.79 Å². The molecule has 1 aliphatic rings. The second-order valence-electron chi connectivity index (χ2n) is 5.49. The van der Waals surface area contributed by atoms with E-state index in [4.69, 9.17) is 5.11 Å². The fraction of sp³-hybridized carbons (Fsp3) is 0.846. The third kappa shape index (κ3) is 4.20. The van der Waals surface area contributed by atoms with Crippen molar-refractivity contribution >= 4 is 12.0 Å². The first-order chi connectivity index (χ1) is 8.41. The lowest BCUT2D eigenvalue weighted by atomic mass is 10.1. The van der Waals surface area contributed by atoms with E-state index in [2.05, 4.69) is 19.2 Å². The molecule has 5 nitrogen and oxygen atoms in total.